The molecule has 0 aromatic heterocycles. The van der Waals surface area contributed by atoms with Gasteiger partial charge >= 0.3 is 6.03 Å². The predicted octanol–water partition coefficient (Wildman–Crippen LogP) is 2.08. The Morgan fingerprint density at radius 3 is 2.30 bits per heavy atom. The fourth-order valence-corrected chi connectivity index (χ4v) is 3.99. The van der Waals surface area contributed by atoms with E-state index in [-0.39, 0.29) is 37.3 Å². The Labute approximate surface area is 189 Å². The van der Waals surface area contributed by atoms with Gasteiger partial charge in [0.1, 0.15) is 29.9 Å². The summed E-state index contributed by atoms with van der Waals surface area (Å²) in [6, 6.07) is 10.7. The number of fused-ring (bicyclic) bond motifs is 1. The van der Waals surface area contributed by atoms with Crippen LogP contribution in [0.1, 0.15) is 18.4 Å². The van der Waals surface area contributed by atoms with Crippen LogP contribution < -0.4 is 16.0 Å². The average molecular weight is 461 g/mol. The normalized spacial score (nSPS) is 26.0. The summed E-state index contributed by atoms with van der Waals surface area (Å²) < 4.78 is 37.5. The van der Waals surface area contributed by atoms with Crippen molar-refractivity contribution in [1.82, 2.24) is 10.6 Å². The summed E-state index contributed by atoms with van der Waals surface area (Å²) in [7, 11) is 0. The molecule has 0 bridgehead atoms. The Balaban J connectivity index is 1.17. The molecule has 5 atom stereocenters. The highest BCUT2D eigenvalue weighted by molar-refractivity contribution is 5.89. The number of halogens is 2. The van der Waals surface area contributed by atoms with Crippen molar-refractivity contribution in [3.05, 3.63) is 65.7 Å². The van der Waals surface area contributed by atoms with Gasteiger partial charge in [0.2, 0.25) is 5.91 Å². The number of hydrogen-bond donors (Lipinski definition) is 4. The summed E-state index contributed by atoms with van der Waals surface area (Å²) in [5, 5.41) is 18.5. The molecule has 0 radical (unpaired) electrons. The molecule has 4 rings (SSSR count). The van der Waals surface area contributed by atoms with Gasteiger partial charge in [-0.1, -0.05) is 12.1 Å². The van der Waals surface area contributed by atoms with Crippen molar-refractivity contribution in [1.29, 1.82) is 0 Å². The number of urea groups is 1. The van der Waals surface area contributed by atoms with Gasteiger partial charge in [0.25, 0.3) is 0 Å². The average Bonchev–Trinajstić information content (AvgIpc) is 3.31. The lowest BCUT2D eigenvalue weighted by Gasteiger charge is -2.20. The van der Waals surface area contributed by atoms with Crippen LogP contribution in [-0.2, 0) is 20.8 Å². The number of carbonyl (C=O) groups excluding carboxylic acids is 2. The van der Waals surface area contributed by atoms with Gasteiger partial charge in [-0.05, 0) is 42.0 Å². The van der Waals surface area contributed by atoms with Gasteiger partial charge in [0.15, 0.2) is 0 Å². The Morgan fingerprint density at radius 2 is 1.64 bits per heavy atom. The van der Waals surface area contributed by atoms with E-state index in [1.54, 1.807) is 12.1 Å². The second-order valence-electron chi connectivity index (χ2n) is 8.11. The molecule has 5 unspecified atom stereocenters. The van der Waals surface area contributed by atoms with Crippen molar-refractivity contribution in [2.24, 2.45) is 0 Å². The molecule has 2 aromatic carbocycles. The fourth-order valence-electron chi connectivity index (χ4n) is 3.99. The zero-order valence-electron chi connectivity index (χ0n) is 17.7. The monoisotopic (exact) mass is 461 g/mol. The zero-order valence-corrected chi connectivity index (χ0v) is 17.7. The minimum Gasteiger partial charge on any atom is -0.388 e. The molecule has 2 aromatic rings. The van der Waals surface area contributed by atoms with Gasteiger partial charge in [-0.3, -0.25) is 4.79 Å². The first-order chi connectivity index (χ1) is 15.9. The van der Waals surface area contributed by atoms with Crippen molar-refractivity contribution < 1.29 is 33.0 Å². The number of anilines is 1. The second-order valence-corrected chi connectivity index (χ2v) is 8.11. The van der Waals surface area contributed by atoms with Crippen molar-refractivity contribution >= 4 is 17.6 Å². The van der Waals surface area contributed by atoms with Crippen LogP contribution in [0, 0.1) is 11.6 Å². The standard InChI is InChI=1S/C23H25F2N3O5/c24-14-3-1-13(2-4-14)11-26-20(29)10-17-9-18-22(32-17)21(30)19(33-18)12-27-23(31)28-16-7-5-15(25)6-8-16/h1-8,17-19,21-22,30H,9-12H2,(H,26,29)(H2,27,28,31). The Kier molecular flexibility index (Phi) is 7.17. The van der Waals surface area contributed by atoms with Gasteiger partial charge in [0.05, 0.1) is 18.6 Å². The molecule has 2 aliphatic rings. The lowest BCUT2D eigenvalue weighted by atomic mass is 10.1. The lowest BCUT2D eigenvalue weighted by Crippen LogP contribution is -2.42. The second kappa shape index (κ2) is 10.2. The molecule has 4 N–H and O–H groups in total. The van der Waals surface area contributed by atoms with E-state index in [9.17, 15) is 23.5 Å². The molecule has 8 nitrogen and oxygen atoms in total. The maximum absolute atomic E-state index is 12.9. The summed E-state index contributed by atoms with van der Waals surface area (Å²) in [4.78, 5) is 24.2. The van der Waals surface area contributed by atoms with E-state index in [1.165, 1.54) is 36.4 Å². The van der Waals surface area contributed by atoms with Crippen LogP contribution in [0.5, 0.6) is 0 Å². The number of nitrogens with one attached hydrogen (secondary N) is 3. The first kappa shape index (κ1) is 23.1. The van der Waals surface area contributed by atoms with E-state index in [0.29, 0.717) is 12.1 Å². The summed E-state index contributed by atoms with van der Waals surface area (Å²) in [6.07, 6.45) is -2.37. The third-order valence-electron chi connectivity index (χ3n) is 5.66. The van der Waals surface area contributed by atoms with Crippen LogP contribution in [-0.4, -0.2) is 54.1 Å². The number of aliphatic hydroxyl groups is 1. The van der Waals surface area contributed by atoms with Crippen LogP contribution in [0.25, 0.3) is 0 Å². The Morgan fingerprint density at radius 1 is 0.970 bits per heavy atom. The van der Waals surface area contributed by atoms with Gasteiger partial charge < -0.3 is 30.5 Å². The van der Waals surface area contributed by atoms with Gasteiger partial charge in [-0.2, -0.15) is 0 Å². The maximum Gasteiger partial charge on any atom is 0.319 e. The number of carbonyl (C=O) groups is 2. The largest absolute Gasteiger partial charge is 0.388 e. The third kappa shape index (κ3) is 6.04. The quantitative estimate of drug-likeness (QED) is 0.505. The van der Waals surface area contributed by atoms with Crippen molar-refractivity contribution in [2.75, 3.05) is 11.9 Å². The number of benzene rings is 2. The number of rotatable bonds is 7. The van der Waals surface area contributed by atoms with E-state index in [2.05, 4.69) is 16.0 Å². The molecule has 33 heavy (non-hydrogen) atoms. The van der Waals surface area contributed by atoms with E-state index >= 15 is 0 Å². The molecule has 2 heterocycles. The zero-order chi connectivity index (χ0) is 23.4. The predicted molar refractivity (Wildman–Crippen MR) is 114 cm³/mol. The van der Waals surface area contributed by atoms with Crippen molar-refractivity contribution in [3.8, 4) is 0 Å². The lowest BCUT2D eigenvalue weighted by molar-refractivity contribution is -0.124. The van der Waals surface area contributed by atoms with E-state index in [4.69, 9.17) is 9.47 Å². The van der Waals surface area contributed by atoms with Gasteiger partial charge in [0, 0.05) is 25.2 Å². The molecular weight excluding hydrogens is 436 g/mol. The van der Waals surface area contributed by atoms with Crippen LogP contribution in [0.3, 0.4) is 0 Å². The highest BCUT2D eigenvalue weighted by Gasteiger charge is 2.50. The minimum absolute atomic E-state index is 0.0629. The van der Waals surface area contributed by atoms with Gasteiger partial charge in [-0.15, -0.1) is 0 Å². The molecule has 0 saturated carbocycles. The van der Waals surface area contributed by atoms with E-state index < -0.39 is 36.3 Å². The molecular formula is C23H25F2N3O5. The highest BCUT2D eigenvalue weighted by Crippen LogP contribution is 2.35. The smallest absolute Gasteiger partial charge is 0.319 e. The number of ether oxygens (including phenoxy) is 2. The highest BCUT2D eigenvalue weighted by atomic mass is 19.1. The molecule has 0 spiro atoms. The van der Waals surface area contributed by atoms with Gasteiger partial charge in [-0.25, -0.2) is 13.6 Å². The first-order valence-electron chi connectivity index (χ1n) is 10.7. The Bertz CT molecular complexity index is 973. The van der Waals surface area contributed by atoms with Crippen LogP contribution in [0.2, 0.25) is 0 Å². The summed E-state index contributed by atoms with van der Waals surface area (Å²) in [5.41, 5.74) is 1.22. The molecule has 2 aliphatic heterocycles. The molecule has 176 valence electrons. The van der Waals surface area contributed by atoms with E-state index in [1.807, 2.05) is 0 Å². The molecule has 0 aliphatic carbocycles. The molecule has 2 saturated heterocycles. The third-order valence-corrected chi connectivity index (χ3v) is 5.66. The van der Waals surface area contributed by atoms with Crippen LogP contribution >= 0.6 is 0 Å². The van der Waals surface area contributed by atoms with Crippen molar-refractivity contribution in [3.63, 3.8) is 0 Å². The number of aliphatic hydroxyl groups excluding tert-OH is 1. The summed E-state index contributed by atoms with van der Waals surface area (Å²) in [6.45, 7) is 0.346. The number of hydrogen-bond acceptors (Lipinski definition) is 5. The topological polar surface area (TPSA) is 109 Å². The summed E-state index contributed by atoms with van der Waals surface area (Å²) >= 11 is 0. The maximum atomic E-state index is 12.9. The molecule has 10 heteroatoms. The number of amides is 3. The Hall–Kier alpha value is -3.08. The minimum atomic E-state index is -0.951. The molecule has 3 amide bonds. The SMILES string of the molecule is O=C(CC1CC2OC(CNC(=O)Nc3ccc(F)cc3)C(O)C2O1)NCc1ccc(F)cc1. The van der Waals surface area contributed by atoms with Crippen LogP contribution in [0.4, 0.5) is 19.3 Å². The first-order valence-corrected chi connectivity index (χ1v) is 10.7. The summed E-state index contributed by atoms with van der Waals surface area (Å²) in [5.74, 6) is -0.954. The van der Waals surface area contributed by atoms with Crippen molar-refractivity contribution in [2.45, 2.75) is 49.9 Å². The molecule has 2 fully saturated rings. The fraction of sp³-hybridized carbons (Fsp3) is 0.391. The van der Waals surface area contributed by atoms with Crippen LogP contribution in [0.15, 0.2) is 48.5 Å². The van der Waals surface area contributed by atoms with E-state index in [0.717, 1.165) is 5.56 Å².